The zero-order valence-corrected chi connectivity index (χ0v) is 10.5. The highest BCUT2D eigenvalue weighted by atomic mass is 32.1. The summed E-state index contributed by atoms with van der Waals surface area (Å²) < 4.78 is 0. The van der Waals surface area contributed by atoms with Crippen LogP contribution in [-0.4, -0.2) is 11.0 Å². The molecule has 1 aromatic heterocycles. The number of nitrogens with one attached hydrogen (secondary N) is 1. The maximum atomic E-state index is 4.62. The number of hydrogen-bond acceptors (Lipinski definition) is 3. The summed E-state index contributed by atoms with van der Waals surface area (Å²) in [6, 6.07) is 0.868. The van der Waals surface area contributed by atoms with Crippen LogP contribution in [0.2, 0.25) is 0 Å². The molecule has 0 aliphatic heterocycles. The van der Waals surface area contributed by atoms with Crippen LogP contribution in [0.15, 0.2) is 5.38 Å². The minimum atomic E-state index is 0.360. The van der Waals surface area contributed by atoms with Gasteiger partial charge in [-0.1, -0.05) is 27.7 Å². The average Bonchev–Trinajstić information content (AvgIpc) is 2.50. The van der Waals surface area contributed by atoms with E-state index in [1.807, 2.05) is 0 Å². The predicted octanol–water partition coefficient (Wildman–Crippen LogP) is 3.33. The minimum absolute atomic E-state index is 0.360. The van der Waals surface area contributed by atoms with Gasteiger partial charge in [0, 0.05) is 23.4 Å². The van der Waals surface area contributed by atoms with E-state index < -0.39 is 0 Å². The summed E-state index contributed by atoms with van der Waals surface area (Å²) in [7, 11) is 0. The van der Waals surface area contributed by atoms with Crippen LogP contribution < -0.4 is 5.32 Å². The number of hydrogen-bond donors (Lipinski definition) is 1. The van der Waals surface area contributed by atoms with E-state index in [1.54, 1.807) is 11.3 Å². The Labute approximate surface area is 90.8 Å². The third-order valence-electron chi connectivity index (χ3n) is 2.06. The molecule has 2 nitrogen and oxygen atoms in total. The zero-order chi connectivity index (χ0) is 10.7. The smallest absolute Gasteiger partial charge is 0.0954 e. The average molecular weight is 212 g/mol. The van der Waals surface area contributed by atoms with E-state index in [1.165, 1.54) is 10.7 Å². The van der Waals surface area contributed by atoms with E-state index in [9.17, 15) is 0 Å². The van der Waals surface area contributed by atoms with Crippen molar-refractivity contribution in [1.29, 1.82) is 0 Å². The molecule has 0 bridgehead atoms. The Morgan fingerprint density at radius 1 is 1.21 bits per heavy atom. The second-order valence-corrected chi connectivity index (χ2v) is 5.20. The molecular formula is C11H20N2S. The molecule has 1 N–H and O–H groups in total. The van der Waals surface area contributed by atoms with Crippen LogP contribution in [0.25, 0.3) is 0 Å². The molecule has 0 saturated carbocycles. The van der Waals surface area contributed by atoms with Crippen molar-refractivity contribution >= 4 is 11.3 Å². The summed E-state index contributed by atoms with van der Waals surface area (Å²) in [5.41, 5.74) is 1.17. The fourth-order valence-corrected chi connectivity index (χ4v) is 2.28. The van der Waals surface area contributed by atoms with Crippen molar-refractivity contribution in [2.24, 2.45) is 0 Å². The van der Waals surface area contributed by atoms with Gasteiger partial charge in [-0.25, -0.2) is 4.98 Å². The van der Waals surface area contributed by atoms with Crippen molar-refractivity contribution in [3.63, 3.8) is 0 Å². The first kappa shape index (κ1) is 11.7. The van der Waals surface area contributed by atoms with E-state index in [-0.39, 0.29) is 0 Å². The summed E-state index contributed by atoms with van der Waals surface area (Å²) >= 11 is 1.76. The highest BCUT2D eigenvalue weighted by Crippen LogP contribution is 2.22. The van der Waals surface area contributed by atoms with Gasteiger partial charge < -0.3 is 5.32 Å². The third kappa shape index (κ3) is 3.07. The molecular weight excluding hydrogens is 192 g/mol. The normalized spacial score (nSPS) is 13.9. The molecule has 0 aromatic carbocycles. The van der Waals surface area contributed by atoms with E-state index in [0.717, 1.165) is 0 Å². The lowest BCUT2D eigenvalue weighted by atomic mass is 10.2. The maximum absolute atomic E-state index is 4.62. The number of thiazole rings is 1. The molecule has 0 spiro atoms. The predicted molar refractivity (Wildman–Crippen MR) is 62.9 cm³/mol. The Morgan fingerprint density at radius 3 is 2.29 bits per heavy atom. The van der Waals surface area contributed by atoms with Gasteiger partial charge in [0.25, 0.3) is 0 Å². The third-order valence-corrected chi connectivity index (χ3v) is 3.22. The molecule has 0 aliphatic rings. The Hall–Kier alpha value is -0.410. The van der Waals surface area contributed by atoms with E-state index in [2.05, 4.69) is 50.3 Å². The summed E-state index contributed by atoms with van der Waals surface area (Å²) in [5.74, 6) is 0.542. The van der Waals surface area contributed by atoms with Gasteiger partial charge in [-0.2, -0.15) is 0 Å². The largest absolute Gasteiger partial charge is 0.307 e. The van der Waals surface area contributed by atoms with Crippen LogP contribution in [-0.2, 0) is 0 Å². The Kier molecular flexibility index (Phi) is 4.08. The second-order valence-electron chi connectivity index (χ2n) is 4.31. The molecule has 0 aliphatic carbocycles. The van der Waals surface area contributed by atoms with Crippen LogP contribution >= 0.6 is 11.3 Å². The Balaban J connectivity index is 2.66. The second kappa shape index (κ2) is 4.89. The molecule has 3 heteroatoms. The molecule has 1 aromatic rings. The van der Waals surface area contributed by atoms with Gasteiger partial charge >= 0.3 is 0 Å². The van der Waals surface area contributed by atoms with Gasteiger partial charge in [0.2, 0.25) is 0 Å². The van der Waals surface area contributed by atoms with Gasteiger partial charge in [0.15, 0.2) is 0 Å². The first-order valence-electron chi connectivity index (χ1n) is 5.22. The fourth-order valence-electron chi connectivity index (χ4n) is 1.35. The van der Waals surface area contributed by atoms with Crippen molar-refractivity contribution in [1.82, 2.24) is 10.3 Å². The molecule has 80 valence electrons. The van der Waals surface area contributed by atoms with E-state index >= 15 is 0 Å². The highest BCUT2D eigenvalue weighted by molar-refractivity contribution is 7.09. The van der Waals surface area contributed by atoms with Crippen molar-refractivity contribution in [3.8, 4) is 0 Å². The molecule has 1 rings (SSSR count). The minimum Gasteiger partial charge on any atom is -0.307 e. The standard InChI is InChI=1S/C11H20N2S/c1-7(2)11-13-10(6-14-11)9(5)12-8(3)4/h6-9,12H,1-5H3. The first-order chi connectivity index (χ1) is 6.50. The lowest BCUT2D eigenvalue weighted by Crippen LogP contribution is -2.26. The quantitative estimate of drug-likeness (QED) is 0.828. The van der Waals surface area contributed by atoms with Gasteiger partial charge in [0.05, 0.1) is 10.7 Å². The Morgan fingerprint density at radius 2 is 1.86 bits per heavy atom. The van der Waals surface area contributed by atoms with Crippen molar-refractivity contribution < 1.29 is 0 Å². The molecule has 0 amide bonds. The molecule has 0 fully saturated rings. The first-order valence-corrected chi connectivity index (χ1v) is 6.10. The SMILES string of the molecule is CC(C)NC(C)c1csc(C(C)C)n1. The van der Waals surface area contributed by atoms with E-state index in [4.69, 9.17) is 0 Å². The van der Waals surface area contributed by atoms with Crippen LogP contribution in [0.1, 0.15) is 57.3 Å². The maximum Gasteiger partial charge on any atom is 0.0954 e. The van der Waals surface area contributed by atoms with Gasteiger partial charge in [-0.3, -0.25) is 0 Å². The summed E-state index contributed by atoms with van der Waals surface area (Å²) in [4.78, 5) is 4.62. The molecule has 14 heavy (non-hydrogen) atoms. The molecule has 0 radical (unpaired) electrons. The molecule has 1 heterocycles. The number of rotatable bonds is 4. The van der Waals surface area contributed by atoms with Crippen molar-refractivity contribution in [3.05, 3.63) is 16.1 Å². The molecule has 1 atom stereocenters. The fraction of sp³-hybridized carbons (Fsp3) is 0.727. The van der Waals surface area contributed by atoms with Gasteiger partial charge in [-0.05, 0) is 6.92 Å². The topological polar surface area (TPSA) is 24.9 Å². The van der Waals surface area contributed by atoms with Crippen LogP contribution in [0.4, 0.5) is 0 Å². The molecule has 1 unspecified atom stereocenters. The zero-order valence-electron chi connectivity index (χ0n) is 9.66. The van der Waals surface area contributed by atoms with Crippen molar-refractivity contribution in [2.45, 2.75) is 52.6 Å². The number of nitrogens with zero attached hydrogens (tertiary/aromatic N) is 1. The monoisotopic (exact) mass is 212 g/mol. The summed E-state index contributed by atoms with van der Waals surface area (Å²) in [6.45, 7) is 10.9. The van der Waals surface area contributed by atoms with E-state index in [0.29, 0.717) is 18.0 Å². The van der Waals surface area contributed by atoms with Crippen molar-refractivity contribution in [2.75, 3.05) is 0 Å². The number of aromatic nitrogens is 1. The lowest BCUT2D eigenvalue weighted by Gasteiger charge is -2.14. The Bertz CT molecular complexity index is 279. The summed E-state index contributed by atoms with van der Waals surface area (Å²) in [5, 5.41) is 6.85. The van der Waals surface area contributed by atoms with Crippen LogP contribution in [0.5, 0.6) is 0 Å². The molecule has 0 saturated heterocycles. The van der Waals surface area contributed by atoms with Gasteiger partial charge in [0.1, 0.15) is 0 Å². The lowest BCUT2D eigenvalue weighted by molar-refractivity contribution is 0.498. The summed E-state index contributed by atoms with van der Waals surface area (Å²) in [6.07, 6.45) is 0. The van der Waals surface area contributed by atoms with Crippen LogP contribution in [0.3, 0.4) is 0 Å². The van der Waals surface area contributed by atoms with Gasteiger partial charge in [-0.15, -0.1) is 11.3 Å². The van der Waals surface area contributed by atoms with Crippen LogP contribution in [0, 0.1) is 0 Å². The highest BCUT2D eigenvalue weighted by Gasteiger charge is 2.11.